The van der Waals surface area contributed by atoms with E-state index in [-0.39, 0.29) is 11.6 Å². The van der Waals surface area contributed by atoms with Gasteiger partial charge in [0.1, 0.15) is 11.6 Å². The lowest BCUT2D eigenvalue weighted by Gasteiger charge is -2.25. The highest BCUT2D eigenvalue weighted by Crippen LogP contribution is 2.24. The van der Waals surface area contributed by atoms with Crippen molar-refractivity contribution in [2.45, 2.75) is 25.3 Å². The molecule has 1 nitrogen and oxygen atoms in total. The van der Waals surface area contributed by atoms with Crippen LogP contribution in [0.1, 0.15) is 18.1 Å². The Bertz CT molecular complexity index is 594. The Morgan fingerprint density at radius 1 is 1.00 bits per heavy atom. The molecule has 2 aromatic rings. The van der Waals surface area contributed by atoms with Crippen molar-refractivity contribution in [1.29, 1.82) is 0 Å². The van der Waals surface area contributed by atoms with Gasteiger partial charge in [0, 0.05) is 10.0 Å². The fourth-order valence-electron chi connectivity index (χ4n) is 2.23. The second-order valence-corrected chi connectivity index (χ2v) is 6.22. The molecule has 106 valence electrons. The van der Waals surface area contributed by atoms with Gasteiger partial charge in [0.05, 0.1) is 0 Å². The van der Waals surface area contributed by atoms with Crippen LogP contribution in [0.4, 0.5) is 8.78 Å². The van der Waals surface area contributed by atoms with Gasteiger partial charge in [0.25, 0.3) is 0 Å². The predicted octanol–water partition coefficient (Wildman–Crippen LogP) is 4.23. The van der Waals surface area contributed by atoms with Gasteiger partial charge in [-0.15, -0.1) is 0 Å². The lowest BCUT2D eigenvalue weighted by molar-refractivity contribution is 0.461. The van der Waals surface area contributed by atoms with E-state index >= 15 is 0 Å². The molecule has 0 aliphatic heterocycles. The summed E-state index contributed by atoms with van der Waals surface area (Å²) in [4.78, 5) is 0. The number of hydrogen-bond acceptors (Lipinski definition) is 1. The molecule has 2 rings (SSSR count). The van der Waals surface area contributed by atoms with Crippen LogP contribution in [0.15, 0.2) is 46.9 Å². The van der Waals surface area contributed by atoms with Crippen LogP contribution in [0.5, 0.6) is 0 Å². The molecule has 4 heteroatoms. The van der Waals surface area contributed by atoms with Gasteiger partial charge in [-0.2, -0.15) is 0 Å². The first-order valence-electron chi connectivity index (χ1n) is 6.33. The quantitative estimate of drug-likeness (QED) is 0.886. The molecule has 2 aromatic carbocycles. The molecular weight excluding hydrogens is 324 g/mol. The molecule has 0 saturated heterocycles. The van der Waals surface area contributed by atoms with Gasteiger partial charge in [-0.25, -0.2) is 8.78 Å². The minimum absolute atomic E-state index is 0.256. The van der Waals surface area contributed by atoms with Crippen LogP contribution in [-0.4, -0.2) is 5.54 Å². The van der Waals surface area contributed by atoms with Crippen LogP contribution in [0.2, 0.25) is 0 Å². The van der Waals surface area contributed by atoms with Crippen LogP contribution in [0, 0.1) is 11.6 Å². The van der Waals surface area contributed by atoms with Gasteiger partial charge in [0.2, 0.25) is 0 Å². The summed E-state index contributed by atoms with van der Waals surface area (Å²) in [5, 5.41) is 0. The van der Waals surface area contributed by atoms with Gasteiger partial charge < -0.3 is 5.73 Å². The fraction of sp³-hybridized carbons (Fsp3) is 0.250. The van der Waals surface area contributed by atoms with Crippen molar-refractivity contribution in [2.75, 3.05) is 0 Å². The van der Waals surface area contributed by atoms with Crippen molar-refractivity contribution >= 4 is 15.9 Å². The molecule has 0 aliphatic carbocycles. The zero-order valence-corrected chi connectivity index (χ0v) is 12.8. The largest absolute Gasteiger partial charge is 0.325 e. The molecule has 0 saturated carbocycles. The van der Waals surface area contributed by atoms with Crippen LogP contribution >= 0.6 is 15.9 Å². The number of hydrogen-bond donors (Lipinski definition) is 1. The Kier molecular flexibility index (Phi) is 4.55. The van der Waals surface area contributed by atoms with Gasteiger partial charge in [-0.1, -0.05) is 34.1 Å². The van der Waals surface area contributed by atoms with Gasteiger partial charge >= 0.3 is 0 Å². The average molecular weight is 340 g/mol. The minimum atomic E-state index is -0.488. The third-order valence-corrected chi connectivity index (χ3v) is 3.87. The summed E-state index contributed by atoms with van der Waals surface area (Å²) in [6.45, 7) is 1.94. The highest BCUT2D eigenvalue weighted by atomic mass is 79.9. The molecule has 0 aliphatic rings. The van der Waals surface area contributed by atoms with Gasteiger partial charge in [-0.3, -0.25) is 0 Å². The van der Waals surface area contributed by atoms with E-state index in [0.717, 1.165) is 11.1 Å². The van der Waals surface area contributed by atoms with Crippen molar-refractivity contribution in [3.8, 4) is 0 Å². The Balaban J connectivity index is 2.12. The molecule has 0 spiro atoms. The zero-order chi connectivity index (χ0) is 14.8. The molecule has 0 radical (unpaired) electrons. The first-order valence-corrected chi connectivity index (χ1v) is 7.12. The number of benzene rings is 2. The second-order valence-electron chi connectivity index (χ2n) is 5.37. The molecule has 0 aromatic heterocycles. The summed E-state index contributed by atoms with van der Waals surface area (Å²) in [5.74, 6) is -0.536. The van der Waals surface area contributed by atoms with Crippen molar-refractivity contribution < 1.29 is 8.78 Å². The maximum atomic E-state index is 13.1. The van der Waals surface area contributed by atoms with E-state index in [1.165, 1.54) is 24.3 Å². The van der Waals surface area contributed by atoms with Crippen molar-refractivity contribution in [2.24, 2.45) is 5.73 Å². The lowest BCUT2D eigenvalue weighted by Crippen LogP contribution is -2.41. The van der Waals surface area contributed by atoms with Crippen LogP contribution < -0.4 is 5.73 Å². The molecule has 2 N–H and O–H groups in total. The second kappa shape index (κ2) is 6.02. The van der Waals surface area contributed by atoms with Crippen molar-refractivity contribution in [3.63, 3.8) is 0 Å². The molecular formula is C16H16BrF2N. The Morgan fingerprint density at radius 2 is 1.60 bits per heavy atom. The average Bonchev–Trinajstić information content (AvgIpc) is 2.35. The van der Waals surface area contributed by atoms with Gasteiger partial charge in [-0.05, 0) is 55.2 Å². The SMILES string of the molecule is CC(N)(Cc1ccc(F)cc1)Cc1ccc(F)cc1Br. The van der Waals surface area contributed by atoms with E-state index in [4.69, 9.17) is 5.73 Å². The normalized spacial score (nSPS) is 14.1. The topological polar surface area (TPSA) is 26.0 Å². The molecule has 1 atom stereocenters. The van der Waals surface area contributed by atoms with E-state index in [9.17, 15) is 8.78 Å². The summed E-state index contributed by atoms with van der Waals surface area (Å²) >= 11 is 3.35. The van der Waals surface area contributed by atoms with E-state index in [1.54, 1.807) is 18.2 Å². The Morgan fingerprint density at radius 3 is 2.20 bits per heavy atom. The summed E-state index contributed by atoms with van der Waals surface area (Å²) < 4.78 is 26.7. The summed E-state index contributed by atoms with van der Waals surface area (Å²) in [6, 6.07) is 10.9. The van der Waals surface area contributed by atoms with Gasteiger partial charge in [0.15, 0.2) is 0 Å². The summed E-state index contributed by atoms with van der Waals surface area (Å²) in [7, 11) is 0. The third-order valence-electron chi connectivity index (χ3n) is 3.13. The maximum absolute atomic E-state index is 13.1. The molecule has 0 amide bonds. The van der Waals surface area contributed by atoms with E-state index in [1.807, 2.05) is 6.92 Å². The molecule has 1 unspecified atom stereocenters. The monoisotopic (exact) mass is 339 g/mol. The van der Waals surface area contributed by atoms with Crippen LogP contribution in [0.25, 0.3) is 0 Å². The molecule has 20 heavy (non-hydrogen) atoms. The smallest absolute Gasteiger partial charge is 0.124 e. The first-order chi connectivity index (χ1) is 9.35. The molecule has 0 fully saturated rings. The van der Waals surface area contributed by atoms with E-state index < -0.39 is 5.54 Å². The van der Waals surface area contributed by atoms with Crippen LogP contribution in [-0.2, 0) is 12.8 Å². The maximum Gasteiger partial charge on any atom is 0.124 e. The highest BCUT2D eigenvalue weighted by Gasteiger charge is 2.21. The van der Waals surface area contributed by atoms with Crippen LogP contribution in [0.3, 0.4) is 0 Å². The minimum Gasteiger partial charge on any atom is -0.325 e. The summed E-state index contributed by atoms with van der Waals surface area (Å²) in [5.41, 5.74) is 7.77. The Hall–Kier alpha value is -1.26. The standard InChI is InChI=1S/C16H16BrF2N/c1-16(20,9-11-2-5-13(18)6-3-11)10-12-4-7-14(19)8-15(12)17/h2-8H,9-10,20H2,1H3. The third kappa shape index (κ3) is 4.12. The molecule has 0 heterocycles. The van der Waals surface area contributed by atoms with E-state index in [2.05, 4.69) is 15.9 Å². The Labute approximate surface area is 125 Å². The number of nitrogens with two attached hydrogens (primary N) is 1. The van der Waals surface area contributed by atoms with Crippen molar-refractivity contribution in [3.05, 3.63) is 69.7 Å². The zero-order valence-electron chi connectivity index (χ0n) is 11.2. The highest BCUT2D eigenvalue weighted by molar-refractivity contribution is 9.10. The van der Waals surface area contributed by atoms with Crippen molar-refractivity contribution in [1.82, 2.24) is 0 Å². The number of rotatable bonds is 4. The number of halogens is 3. The fourth-order valence-corrected chi connectivity index (χ4v) is 2.72. The lowest BCUT2D eigenvalue weighted by atomic mass is 9.87. The summed E-state index contributed by atoms with van der Waals surface area (Å²) in [6.07, 6.45) is 1.22. The first kappa shape index (κ1) is 15.1. The molecule has 0 bridgehead atoms. The van der Waals surface area contributed by atoms with E-state index in [0.29, 0.717) is 17.3 Å². The predicted molar refractivity (Wildman–Crippen MR) is 80.5 cm³/mol.